The molecular weight excluding hydrogens is 405 g/mol. The lowest BCUT2D eigenvalue weighted by molar-refractivity contribution is -0.415. The van der Waals surface area contributed by atoms with Crippen LogP contribution in [0.1, 0.15) is 11.9 Å². The molecule has 1 aliphatic heterocycles. The van der Waals surface area contributed by atoms with Crippen molar-refractivity contribution >= 4 is 17.2 Å². The van der Waals surface area contributed by atoms with E-state index in [1.807, 2.05) is 6.07 Å². The lowest BCUT2D eigenvalue weighted by Gasteiger charge is -2.30. The molecule has 0 saturated heterocycles. The molecule has 1 unspecified atom stereocenters. The number of imidazole rings is 1. The molecule has 3 heterocycles. The van der Waals surface area contributed by atoms with Crippen LogP contribution < -0.4 is 4.74 Å². The number of fused-ring (bicyclic) bond motifs is 1. The Labute approximate surface area is 166 Å². The number of alkyl halides is 3. The minimum absolute atomic E-state index is 0.194. The van der Waals surface area contributed by atoms with Crippen molar-refractivity contribution in [1.29, 1.82) is 0 Å². The minimum Gasteiger partial charge on any atom is -0.406 e. The summed E-state index contributed by atoms with van der Waals surface area (Å²) < 4.78 is 42.9. The van der Waals surface area contributed by atoms with E-state index in [1.165, 1.54) is 24.7 Å². The van der Waals surface area contributed by atoms with Crippen LogP contribution in [-0.2, 0) is 6.54 Å². The number of halogens is 3. The quantitative estimate of drug-likeness (QED) is 0.465. The van der Waals surface area contributed by atoms with Crippen LogP contribution in [0.5, 0.6) is 5.75 Å². The Morgan fingerprint density at radius 3 is 2.80 bits per heavy atom. The maximum atomic E-state index is 12.5. The van der Waals surface area contributed by atoms with E-state index in [0.29, 0.717) is 5.52 Å². The summed E-state index contributed by atoms with van der Waals surface area (Å²) in [5, 5.41) is 11.2. The van der Waals surface area contributed by atoms with Gasteiger partial charge in [-0.3, -0.25) is 19.7 Å². The van der Waals surface area contributed by atoms with Gasteiger partial charge in [0.15, 0.2) is 0 Å². The van der Waals surface area contributed by atoms with Gasteiger partial charge >= 0.3 is 12.1 Å². The van der Waals surface area contributed by atoms with E-state index in [1.54, 1.807) is 27.9 Å². The van der Waals surface area contributed by atoms with E-state index in [2.05, 4.69) is 19.7 Å². The second-order valence-corrected chi connectivity index (χ2v) is 6.32. The van der Waals surface area contributed by atoms with Crippen LogP contribution in [0.3, 0.4) is 0 Å². The van der Waals surface area contributed by atoms with Gasteiger partial charge in [-0.1, -0.05) is 6.07 Å². The maximum Gasteiger partial charge on any atom is 0.573 e. The van der Waals surface area contributed by atoms with Crippen molar-refractivity contribution in [2.24, 2.45) is 4.99 Å². The monoisotopic (exact) mass is 418 g/mol. The molecule has 0 amide bonds. The molecule has 0 bridgehead atoms. The highest BCUT2D eigenvalue weighted by atomic mass is 19.4. The largest absolute Gasteiger partial charge is 0.573 e. The van der Waals surface area contributed by atoms with Crippen molar-refractivity contribution in [2.75, 3.05) is 0 Å². The van der Waals surface area contributed by atoms with Crippen LogP contribution in [0.15, 0.2) is 65.9 Å². The number of hydrogen-bond acceptors (Lipinski definition) is 7. The van der Waals surface area contributed by atoms with Gasteiger partial charge in [0.25, 0.3) is 0 Å². The van der Waals surface area contributed by atoms with Crippen LogP contribution in [0.2, 0.25) is 0 Å². The molecule has 0 saturated carbocycles. The molecule has 1 aliphatic rings. The van der Waals surface area contributed by atoms with Crippen molar-refractivity contribution in [3.05, 3.63) is 76.6 Å². The molecule has 3 aromatic rings. The SMILES string of the molecule is O=[N+]([O-])C1=CN(Cc2cccnc2)C(n2cnc3cc(OC(F)(F)F)ccc32)N=C1. The van der Waals surface area contributed by atoms with Crippen molar-refractivity contribution in [3.8, 4) is 5.75 Å². The summed E-state index contributed by atoms with van der Waals surface area (Å²) in [6, 6.07) is 7.31. The minimum atomic E-state index is -4.81. The van der Waals surface area contributed by atoms with E-state index in [4.69, 9.17) is 0 Å². The highest BCUT2D eigenvalue weighted by molar-refractivity contribution is 5.78. The molecule has 9 nitrogen and oxygen atoms in total. The van der Waals surface area contributed by atoms with Crippen LogP contribution in [-0.4, -0.2) is 36.9 Å². The number of nitrogens with zero attached hydrogens (tertiary/aromatic N) is 6. The molecule has 154 valence electrons. The molecule has 0 fully saturated rings. The van der Waals surface area contributed by atoms with Crippen molar-refractivity contribution in [2.45, 2.75) is 19.2 Å². The molecule has 4 rings (SSSR count). The van der Waals surface area contributed by atoms with Crippen LogP contribution in [0.25, 0.3) is 11.0 Å². The number of rotatable bonds is 5. The van der Waals surface area contributed by atoms with E-state index in [0.717, 1.165) is 17.8 Å². The summed E-state index contributed by atoms with van der Waals surface area (Å²) in [5.74, 6) is -0.393. The van der Waals surface area contributed by atoms with Gasteiger partial charge < -0.3 is 9.64 Å². The van der Waals surface area contributed by atoms with Gasteiger partial charge in [-0.05, 0) is 23.8 Å². The summed E-state index contributed by atoms with van der Waals surface area (Å²) in [5.41, 5.74) is 1.35. The summed E-state index contributed by atoms with van der Waals surface area (Å²) in [7, 11) is 0. The van der Waals surface area contributed by atoms with Crippen molar-refractivity contribution < 1.29 is 22.8 Å². The normalized spacial score (nSPS) is 16.6. The third kappa shape index (κ3) is 4.06. The standard InChI is InChI=1S/C18H13F3N6O3/c19-18(20,21)30-14-3-4-16-15(6-14)24-11-26(16)17-23-8-13(27(28)29)10-25(17)9-12-2-1-5-22-7-12/h1-8,10-11,17H,9H2. The molecule has 2 aromatic heterocycles. The molecule has 0 spiro atoms. The van der Waals surface area contributed by atoms with E-state index in [-0.39, 0.29) is 17.8 Å². The van der Waals surface area contributed by atoms with Gasteiger partial charge in [-0.15, -0.1) is 13.2 Å². The van der Waals surface area contributed by atoms with Gasteiger partial charge in [-0.2, -0.15) is 0 Å². The predicted octanol–water partition coefficient (Wildman–Crippen LogP) is 3.49. The van der Waals surface area contributed by atoms with Gasteiger partial charge in [0, 0.05) is 25.0 Å². The molecule has 0 radical (unpaired) electrons. The Hall–Kier alpha value is -3.96. The third-order valence-corrected chi connectivity index (χ3v) is 4.26. The van der Waals surface area contributed by atoms with Gasteiger partial charge in [0.2, 0.25) is 6.29 Å². The maximum absolute atomic E-state index is 12.5. The molecule has 1 atom stereocenters. The predicted molar refractivity (Wildman–Crippen MR) is 98.8 cm³/mol. The van der Waals surface area contributed by atoms with Crippen molar-refractivity contribution in [3.63, 3.8) is 0 Å². The molecule has 12 heteroatoms. The average molecular weight is 418 g/mol. The Bertz CT molecular complexity index is 1140. The van der Waals surface area contributed by atoms with E-state index >= 15 is 0 Å². The first-order valence-corrected chi connectivity index (χ1v) is 8.56. The highest BCUT2D eigenvalue weighted by Crippen LogP contribution is 2.30. The zero-order chi connectivity index (χ0) is 21.3. The van der Waals surface area contributed by atoms with Crippen LogP contribution >= 0.6 is 0 Å². The first-order valence-electron chi connectivity index (χ1n) is 8.56. The fourth-order valence-corrected chi connectivity index (χ4v) is 3.05. The lowest BCUT2D eigenvalue weighted by atomic mass is 10.2. The lowest BCUT2D eigenvalue weighted by Crippen LogP contribution is -2.30. The van der Waals surface area contributed by atoms with Gasteiger partial charge in [0.05, 0.1) is 28.5 Å². The first-order chi connectivity index (χ1) is 14.3. The Kier molecular flexibility index (Phi) is 4.82. The van der Waals surface area contributed by atoms with Crippen LogP contribution in [0.4, 0.5) is 13.2 Å². The highest BCUT2D eigenvalue weighted by Gasteiger charge is 2.31. The molecule has 0 N–H and O–H groups in total. The number of aliphatic imine (C=N–C) groups is 1. The third-order valence-electron chi connectivity index (χ3n) is 4.26. The Balaban J connectivity index is 1.69. The molecule has 0 aliphatic carbocycles. The zero-order valence-electron chi connectivity index (χ0n) is 15.1. The fraction of sp³-hybridized carbons (Fsp3) is 0.167. The van der Waals surface area contributed by atoms with Gasteiger partial charge in [0.1, 0.15) is 12.0 Å². The molecular formula is C18H13F3N6O3. The zero-order valence-corrected chi connectivity index (χ0v) is 15.1. The number of benzene rings is 1. The Morgan fingerprint density at radius 2 is 2.10 bits per heavy atom. The smallest absolute Gasteiger partial charge is 0.406 e. The van der Waals surface area contributed by atoms with Crippen molar-refractivity contribution in [1.82, 2.24) is 19.4 Å². The first kappa shape index (κ1) is 19.4. The Morgan fingerprint density at radius 1 is 1.27 bits per heavy atom. The number of aromatic nitrogens is 3. The van der Waals surface area contributed by atoms with Crippen LogP contribution in [0, 0.1) is 10.1 Å². The number of hydrogen-bond donors (Lipinski definition) is 0. The van der Waals surface area contributed by atoms with E-state index in [9.17, 15) is 23.3 Å². The topological polar surface area (TPSA) is 98.7 Å². The number of nitro groups is 1. The summed E-state index contributed by atoms with van der Waals surface area (Å²) >= 11 is 0. The number of allylic oxidation sites excluding steroid dienone is 1. The van der Waals surface area contributed by atoms with Gasteiger partial charge in [-0.25, -0.2) is 9.98 Å². The summed E-state index contributed by atoms with van der Waals surface area (Å²) in [4.78, 5) is 24.7. The fourth-order valence-electron chi connectivity index (χ4n) is 3.05. The second kappa shape index (κ2) is 7.46. The summed E-state index contributed by atoms with van der Waals surface area (Å²) in [6.07, 6.45) is 1.60. The number of ether oxygens (including phenoxy) is 1. The number of pyridine rings is 1. The average Bonchev–Trinajstić information content (AvgIpc) is 3.10. The van der Waals surface area contributed by atoms with E-state index < -0.39 is 23.3 Å². The molecule has 30 heavy (non-hydrogen) atoms. The second-order valence-electron chi connectivity index (χ2n) is 6.32. The summed E-state index contributed by atoms with van der Waals surface area (Å²) in [6.45, 7) is 0.266. The molecule has 1 aromatic carbocycles.